The molecule has 11 nitrogen and oxygen atoms in total. The van der Waals surface area contributed by atoms with Crippen molar-refractivity contribution in [1.82, 2.24) is 29.7 Å². The maximum Gasteiger partial charge on any atom is 0.231 e. The van der Waals surface area contributed by atoms with Crippen LogP contribution in [-0.4, -0.2) is 87.1 Å². The SMILES string of the molecule is CC(C)N1CCN(CC(N)=O)CC1c1ncccc1Nc1nccc(-c2cnc(N3CC[C@H](F)C3)c(C#N)c2)n1. The van der Waals surface area contributed by atoms with Gasteiger partial charge in [-0.25, -0.2) is 19.3 Å². The summed E-state index contributed by atoms with van der Waals surface area (Å²) in [6, 6.07) is 9.66. The number of nitriles is 1. The van der Waals surface area contributed by atoms with Crippen LogP contribution in [-0.2, 0) is 4.79 Å². The number of amides is 1. The Morgan fingerprint density at radius 1 is 1.20 bits per heavy atom. The average molecular weight is 545 g/mol. The number of rotatable bonds is 8. The van der Waals surface area contributed by atoms with Crippen LogP contribution in [0, 0.1) is 11.3 Å². The van der Waals surface area contributed by atoms with Crippen LogP contribution < -0.4 is 16.0 Å². The number of pyridine rings is 2. The molecule has 1 amide bonds. The van der Waals surface area contributed by atoms with Gasteiger partial charge in [-0.15, -0.1) is 0 Å². The molecular weight excluding hydrogens is 511 g/mol. The van der Waals surface area contributed by atoms with E-state index in [1.54, 1.807) is 35.6 Å². The van der Waals surface area contributed by atoms with Crippen LogP contribution in [0.25, 0.3) is 11.3 Å². The highest BCUT2D eigenvalue weighted by molar-refractivity contribution is 5.76. The zero-order chi connectivity index (χ0) is 28.2. The number of carbonyl (C=O) groups is 1. The van der Waals surface area contributed by atoms with Crippen molar-refractivity contribution in [3.05, 3.63) is 54.1 Å². The van der Waals surface area contributed by atoms with Crippen LogP contribution in [0.3, 0.4) is 0 Å². The summed E-state index contributed by atoms with van der Waals surface area (Å²) < 4.78 is 13.7. The molecule has 0 aromatic carbocycles. The van der Waals surface area contributed by atoms with Crippen LogP contribution >= 0.6 is 0 Å². The molecule has 3 aromatic rings. The van der Waals surface area contributed by atoms with Gasteiger partial charge in [-0.2, -0.15) is 5.26 Å². The fourth-order valence-electron chi connectivity index (χ4n) is 5.41. The second kappa shape index (κ2) is 11.9. The summed E-state index contributed by atoms with van der Waals surface area (Å²) in [7, 11) is 0. The van der Waals surface area contributed by atoms with Gasteiger partial charge in [0.05, 0.1) is 41.8 Å². The molecular formula is C28H33FN10O. The molecule has 0 spiro atoms. The summed E-state index contributed by atoms with van der Waals surface area (Å²) >= 11 is 0. The first-order valence-corrected chi connectivity index (χ1v) is 13.4. The van der Waals surface area contributed by atoms with Crippen molar-refractivity contribution >= 4 is 23.4 Å². The number of hydrogen-bond donors (Lipinski definition) is 2. The molecule has 0 saturated carbocycles. The summed E-state index contributed by atoms with van der Waals surface area (Å²) in [5.74, 6) is 0.511. The highest BCUT2D eigenvalue weighted by Gasteiger charge is 2.33. The van der Waals surface area contributed by atoms with Crippen LogP contribution in [0.15, 0.2) is 42.9 Å². The molecule has 0 aliphatic carbocycles. The zero-order valence-corrected chi connectivity index (χ0v) is 22.7. The number of carbonyl (C=O) groups excluding carboxylic acids is 1. The second-order valence-corrected chi connectivity index (χ2v) is 10.4. The molecule has 2 aliphatic heterocycles. The van der Waals surface area contributed by atoms with Crippen LogP contribution in [0.2, 0.25) is 0 Å². The van der Waals surface area contributed by atoms with Gasteiger partial charge in [0.15, 0.2) is 0 Å². The van der Waals surface area contributed by atoms with E-state index >= 15 is 0 Å². The van der Waals surface area contributed by atoms with Gasteiger partial charge in [0.1, 0.15) is 18.1 Å². The number of aromatic nitrogens is 4. The van der Waals surface area contributed by atoms with Crippen molar-refractivity contribution in [3.63, 3.8) is 0 Å². The number of nitrogens with one attached hydrogen (secondary N) is 1. The Bertz CT molecular complexity index is 1410. The summed E-state index contributed by atoms with van der Waals surface area (Å²) in [5, 5.41) is 13.1. The van der Waals surface area contributed by atoms with Crippen molar-refractivity contribution in [2.75, 3.05) is 49.5 Å². The minimum absolute atomic E-state index is 0.0654. The minimum Gasteiger partial charge on any atom is -0.369 e. The first-order valence-electron chi connectivity index (χ1n) is 13.4. The Morgan fingerprint density at radius 3 is 2.77 bits per heavy atom. The monoisotopic (exact) mass is 544 g/mol. The van der Waals surface area contributed by atoms with Gasteiger partial charge >= 0.3 is 0 Å². The van der Waals surface area contributed by atoms with E-state index < -0.39 is 6.17 Å². The third kappa shape index (κ3) is 6.00. The molecule has 3 aromatic heterocycles. The van der Waals surface area contributed by atoms with E-state index in [0.717, 1.165) is 24.5 Å². The molecule has 40 heavy (non-hydrogen) atoms. The van der Waals surface area contributed by atoms with E-state index in [4.69, 9.17) is 10.7 Å². The van der Waals surface area contributed by atoms with Gasteiger partial charge in [-0.05, 0) is 44.5 Å². The molecule has 2 saturated heterocycles. The number of nitrogens with zero attached hydrogens (tertiary/aromatic N) is 8. The topological polar surface area (TPSA) is 140 Å². The molecule has 0 bridgehead atoms. The quantitative estimate of drug-likeness (QED) is 0.435. The largest absolute Gasteiger partial charge is 0.369 e. The lowest BCUT2D eigenvalue weighted by atomic mass is 10.0. The smallest absolute Gasteiger partial charge is 0.231 e. The molecule has 2 atom stereocenters. The number of hydrogen-bond acceptors (Lipinski definition) is 10. The molecule has 2 fully saturated rings. The van der Waals surface area contributed by atoms with Crippen molar-refractivity contribution in [2.45, 2.75) is 38.5 Å². The predicted octanol–water partition coefficient (Wildman–Crippen LogP) is 2.65. The fourth-order valence-corrected chi connectivity index (χ4v) is 5.41. The lowest BCUT2D eigenvalue weighted by Crippen LogP contribution is -2.52. The first-order chi connectivity index (χ1) is 19.3. The Kier molecular flexibility index (Phi) is 8.14. The fraction of sp³-hybridized carbons (Fsp3) is 0.429. The number of anilines is 3. The van der Waals surface area contributed by atoms with E-state index in [1.165, 1.54) is 0 Å². The number of piperazine rings is 1. The normalized spacial score (nSPS) is 20.0. The Balaban J connectivity index is 1.41. The third-order valence-electron chi connectivity index (χ3n) is 7.32. The van der Waals surface area contributed by atoms with Gasteiger partial charge in [0, 0.05) is 56.4 Å². The lowest BCUT2D eigenvalue weighted by molar-refractivity contribution is -0.120. The van der Waals surface area contributed by atoms with E-state index in [9.17, 15) is 14.4 Å². The minimum atomic E-state index is -0.909. The van der Waals surface area contributed by atoms with Gasteiger partial charge in [0.25, 0.3) is 0 Å². The third-order valence-corrected chi connectivity index (χ3v) is 7.32. The Morgan fingerprint density at radius 2 is 2.05 bits per heavy atom. The average Bonchev–Trinajstić information content (AvgIpc) is 3.38. The lowest BCUT2D eigenvalue weighted by Gasteiger charge is -2.43. The van der Waals surface area contributed by atoms with Gasteiger partial charge in [-0.3, -0.25) is 19.6 Å². The molecule has 5 rings (SSSR count). The predicted molar refractivity (Wildman–Crippen MR) is 149 cm³/mol. The molecule has 12 heteroatoms. The standard InChI is InChI=1S/C28H33FN10O/c1-18(2)39-11-10-37(17-25(31)40)16-24(39)26-23(4-3-7-32-26)36-28-33-8-5-22(35-28)20-12-19(13-30)27(34-14-20)38-9-6-21(29)15-38/h3-5,7-8,12,14,18,21,24H,6,9-11,15-17H2,1-2H3,(H2,31,40)(H,33,35,36)/t21-,24?/m0/s1. The van der Waals surface area contributed by atoms with Crippen molar-refractivity contribution in [3.8, 4) is 17.3 Å². The van der Waals surface area contributed by atoms with Gasteiger partial charge in [-0.1, -0.05) is 0 Å². The summed E-state index contributed by atoms with van der Waals surface area (Å²) in [4.78, 5) is 36.1. The van der Waals surface area contributed by atoms with Crippen LogP contribution in [0.5, 0.6) is 0 Å². The highest BCUT2D eigenvalue weighted by Crippen LogP contribution is 2.32. The number of alkyl halides is 1. The van der Waals surface area contributed by atoms with Crippen molar-refractivity contribution in [2.24, 2.45) is 5.73 Å². The van der Waals surface area contributed by atoms with Crippen LogP contribution in [0.4, 0.5) is 21.8 Å². The first kappa shape index (κ1) is 27.4. The van der Waals surface area contributed by atoms with Crippen molar-refractivity contribution < 1.29 is 9.18 Å². The van der Waals surface area contributed by atoms with Crippen molar-refractivity contribution in [1.29, 1.82) is 5.26 Å². The molecule has 2 aliphatic rings. The molecule has 5 heterocycles. The summed E-state index contributed by atoms with van der Waals surface area (Å²) in [5.41, 5.74) is 8.70. The van der Waals surface area contributed by atoms with E-state index in [2.05, 4.69) is 50.0 Å². The maximum absolute atomic E-state index is 13.7. The van der Waals surface area contributed by atoms with Crippen LogP contribution in [0.1, 0.15) is 37.6 Å². The maximum atomic E-state index is 13.7. The second-order valence-electron chi connectivity index (χ2n) is 10.4. The number of primary amides is 1. The Hall–Kier alpha value is -4.21. The number of halogens is 1. The van der Waals surface area contributed by atoms with Gasteiger partial charge < -0.3 is 16.0 Å². The molecule has 3 N–H and O–H groups in total. The summed E-state index contributed by atoms with van der Waals surface area (Å²) in [6.07, 6.45) is 4.58. The van der Waals surface area contributed by atoms with Gasteiger partial charge in [0.2, 0.25) is 11.9 Å². The Labute approximate surface area is 232 Å². The number of nitrogens with two attached hydrogens (primary N) is 1. The molecule has 208 valence electrons. The van der Waals surface area contributed by atoms with E-state index in [0.29, 0.717) is 48.1 Å². The molecule has 1 unspecified atom stereocenters. The van der Waals surface area contributed by atoms with E-state index in [1.807, 2.05) is 12.1 Å². The highest BCUT2D eigenvalue weighted by atomic mass is 19.1. The summed E-state index contributed by atoms with van der Waals surface area (Å²) in [6.45, 7) is 7.42. The zero-order valence-electron chi connectivity index (χ0n) is 22.7. The molecule has 0 radical (unpaired) electrons. The van der Waals surface area contributed by atoms with E-state index in [-0.39, 0.29) is 31.1 Å².